The Morgan fingerprint density at radius 2 is 1.96 bits per heavy atom. The van der Waals surface area contributed by atoms with E-state index in [0.29, 0.717) is 17.1 Å². The zero-order chi connectivity index (χ0) is 18.3. The number of nitrogens with zero attached hydrogens (tertiary/aromatic N) is 2. The Labute approximate surface area is 143 Å². The maximum Gasteiger partial charge on any atom is 0.149 e. The summed E-state index contributed by atoms with van der Waals surface area (Å²) in [5.41, 5.74) is 12.3. The Morgan fingerprint density at radius 1 is 1.29 bits per heavy atom. The second-order valence-electron chi connectivity index (χ2n) is 5.65. The molecule has 1 aromatic heterocycles. The van der Waals surface area contributed by atoms with Crippen LogP contribution in [0.15, 0.2) is 39.7 Å². The predicted molar refractivity (Wildman–Crippen MR) is 99.3 cm³/mol. The Kier molecular flexibility index (Phi) is 7.32. The third-order valence-electron chi connectivity index (χ3n) is 3.51. The van der Waals surface area contributed by atoms with Crippen LogP contribution in [-0.2, 0) is 0 Å². The van der Waals surface area contributed by atoms with E-state index < -0.39 is 0 Å². The average Bonchev–Trinajstić information content (AvgIpc) is 2.98. The second-order valence-corrected chi connectivity index (χ2v) is 5.65. The number of aliphatic imine (C=N–C) groups is 1. The van der Waals surface area contributed by atoms with Crippen LogP contribution in [0.5, 0.6) is 5.75 Å². The number of furan rings is 1. The lowest BCUT2D eigenvalue weighted by Crippen LogP contribution is -2.23. The number of aryl methyl sites for hydroxylation is 1. The smallest absolute Gasteiger partial charge is 0.149 e. The van der Waals surface area contributed by atoms with Gasteiger partial charge >= 0.3 is 0 Å². The quantitative estimate of drug-likeness (QED) is 0.347. The summed E-state index contributed by atoms with van der Waals surface area (Å²) in [6, 6.07) is 9.16. The largest absolute Gasteiger partial charge is 0.505 e. The van der Waals surface area contributed by atoms with Crippen LogP contribution < -0.4 is 11.5 Å². The summed E-state index contributed by atoms with van der Waals surface area (Å²) >= 11 is 0. The molecule has 0 fully saturated rings. The van der Waals surface area contributed by atoms with Crippen LogP contribution in [0.4, 0.5) is 5.69 Å². The van der Waals surface area contributed by atoms with Gasteiger partial charge in [0.2, 0.25) is 0 Å². The second kappa shape index (κ2) is 8.98. The molecule has 5 N–H and O–H groups in total. The fourth-order valence-electron chi connectivity index (χ4n) is 2.16. The van der Waals surface area contributed by atoms with E-state index in [1.807, 2.05) is 45.0 Å². The van der Waals surface area contributed by atoms with Crippen molar-refractivity contribution < 1.29 is 9.52 Å². The van der Waals surface area contributed by atoms with Crippen LogP contribution in [0.3, 0.4) is 0 Å². The first-order chi connectivity index (χ1) is 11.3. The summed E-state index contributed by atoms with van der Waals surface area (Å²) < 4.78 is 5.31. The fraction of sp³-hybridized carbons (Fsp3) is 0.389. The minimum absolute atomic E-state index is 0.0636. The first-order valence-corrected chi connectivity index (χ1v) is 7.85. The number of phenolic OH excluding ortho intramolecular Hbond substituents is 1. The predicted octanol–water partition coefficient (Wildman–Crippen LogP) is 2.91. The van der Waals surface area contributed by atoms with Gasteiger partial charge in [0.05, 0.1) is 17.3 Å². The Hall–Kier alpha value is -2.47. The number of rotatable bonds is 3. The van der Waals surface area contributed by atoms with Crippen molar-refractivity contribution in [1.29, 1.82) is 0 Å². The molecule has 1 aromatic carbocycles. The lowest BCUT2D eigenvalue weighted by Gasteiger charge is -2.16. The van der Waals surface area contributed by atoms with E-state index in [0.717, 1.165) is 17.9 Å². The molecule has 6 heteroatoms. The van der Waals surface area contributed by atoms with Crippen molar-refractivity contribution in [2.75, 3.05) is 26.9 Å². The molecule has 0 radical (unpaired) electrons. The van der Waals surface area contributed by atoms with Gasteiger partial charge < -0.3 is 25.9 Å². The maximum atomic E-state index is 9.72. The van der Waals surface area contributed by atoms with Crippen molar-refractivity contribution in [2.24, 2.45) is 10.7 Å². The molecule has 0 aliphatic heterocycles. The molecule has 0 unspecified atom stereocenters. The maximum absolute atomic E-state index is 9.72. The summed E-state index contributed by atoms with van der Waals surface area (Å²) in [7, 11) is 5.41. The summed E-state index contributed by atoms with van der Waals surface area (Å²) in [6.45, 7) is 3.97. The molecule has 0 saturated carbocycles. The monoisotopic (exact) mass is 332 g/mol. The van der Waals surface area contributed by atoms with Crippen LogP contribution in [0.2, 0.25) is 0 Å². The van der Waals surface area contributed by atoms with E-state index >= 15 is 0 Å². The van der Waals surface area contributed by atoms with Crippen LogP contribution in [0.1, 0.15) is 36.5 Å². The number of anilines is 1. The normalized spacial score (nSPS) is 12.3. The van der Waals surface area contributed by atoms with Crippen LogP contribution in [-0.4, -0.2) is 37.0 Å². The number of nitrogens with two attached hydrogens (primary N) is 2. The highest BCUT2D eigenvalue weighted by Crippen LogP contribution is 2.25. The first kappa shape index (κ1) is 19.6. The van der Waals surface area contributed by atoms with Gasteiger partial charge in [0.15, 0.2) is 0 Å². The molecule has 132 valence electrons. The van der Waals surface area contributed by atoms with Gasteiger partial charge in [-0.15, -0.1) is 0 Å². The SMILES string of the molecule is CC[C@@H](N)c1ccc(C)o1.CN=C(c1cccc(N)c1O)N(C)C. The van der Waals surface area contributed by atoms with Gasteiger partial charge in [0, 0.05) is 21.1 Å². The average molecular weight is 332 g/mol. The zero-order valence-electron chi connectivity index (χ0n) is 15.1. The summed E-state index contributed by atoms with van der Waals surface area (Å²) in [5, 5.41) is 9.72. The van der Waals surface area contributed by atoms with E-state index in [1.54, 1.807) is 25.2 Å². The molecule has 0 amide bonds. The van der Waals surface area contributed by atoms with Crippen molar-refractivity contribution >= 4 is 11.5 Å². The molecule has 0 aliphatic rings. The van der Waals surface area contributed by atoms with Gasteiger partial charge in [0.1, 0.15) is 23.1 Å². The van der Waals surface area contributed by atoms with E-state index in [2.05, 4.69) is 4.99 Å². The number of phenols is 1. The van der Waals surface area contributed by atoms with E-state index in [1.165, 1.54) is 0 Å². The minimum atomic E-state index is 0.0636. The molecule has 1 atom stereocenters. The molecule has 24 heavy (non-hydrogen) atoms. The van der Waals surface area contributed by atoms with E-state index in [9.17, 15) is 5.11 Å². The van der Waals surface area contributed by atoms with Gasteiger partial charge in [-0.3, -0.25) is 4.99 Å². The molecule has 2 aromatic rings. The standard InChI is InChI=1S/C10H15N3O.C8H13NO/c1-12-10(13(2)3)7-5-4-6-8(11)9(7)14;1-3-7(9)8-5-4-6(2)10-8/h4-6,14H,11H2,1-3H3;4-5,7H,3,9H2,1-2H3/t;7-/m.1/s1. The molecule has 0 spiro atoms. The van der Waals surface area contributed by atoms with Crippen molar-refractivity contribution in [3.05, 3.63) is 47.4 Å². The number of hydrogen-bond donors (Lipinski definition) is 3. The Bertz CT molecular complexity index is 677. The molecule has 6 nitrogen and oxygen atoms in total. The third kappa shape index (κ3) is 5.03. The lowest BCUT2D eigenvalue weighted by atomic mass is 10.1. The van der Waals surface area contributed by atoms with Gasteiger partial charge in [-0.05, 0) is 37.6 Å². The van der Waals surface area contributed by atoms with Gasteiger partial charge in [0.25, 0.3) is 0 Å². The van der Waals surface area contributed by atoms with Crippen LogP contribution >= 0.6 is 0 Å². The molecule has 0 saturated heterocycles. The third-order valence-corrected chi connectivity index (χ3v) is 3.51. The highest BCUT2D eigenvalue weighted by molar-refractivity contribution is 6.02. The van der Waals surface area contributed by atoms with E-state index in [-0.39, 0.29) is 11.8 Å². The molecule has 0 bridgehead atoms. The Morgan fingerprint density at radius 3 is 2.42 bits per heavy atom. The van der Waals surface area contributed by atoms with Gasteiger partial charge in [-0.1, -0.05) is 13.0 Å². The summed E-state index contributed by atoms with van der Waals surface area (Å²) in [6.07, 6.45) is 0.924. The molecular formula is C18H28N4O2. The topological polar surface area (TPSA) is 101 Å². The molecular weight excluding hydrogens is 304 g/mol. The van der Waals surface area contributed by atoms with Crippen molar-refractivity contribution in [3.63, 3.8) is 0 Å². The molecule has 2 rings (SSSR count). The summed E-state index contributed by atoms with van der Waals surface area (Å²) in [4.78, 5) is 5.91. The zero-order valence-corrected chi connectivity index (χ0v) is 15.1. The fourth-order valence-corrected chi connectivity index (χ4v) is 2.16. The highest BCUT2D eigenvalue weighted by Gasteiger charge is 2.11. The van der Waals surface area contributed by atoms with Crippen molar-refractivity contribution in [2.45, 2.75) is 26.3 Å². The molecule has 1 heterocycles. The van der Waals surface area contributed by atoms with Crippen LogP contribution in [0, 0.1) is 6.92 Å². The first-order valence-electron chi connectivity index (χ1n) is 7.85. The van der Waals surface area contributed by atoms with Crippen molar-refractivity contribution in [1.82, 2.24) is 4.90 Å². The van der Waals surface area contributed by atoms with Crippen molar-refractivity contribution in [3.8, 4) is 5.75 Å². The number of amidine groups is 1. The number of para-hydroxylation sites is 1. The van der Waals surface area contributed by atoms with Crippen LogP contribution in [0.25, 0.3) is 0 Å². The lowest BCUT2D eigenvalue weighted by molar-refractivity contribution is 0.441. The number of benzene rings is 1. The highest BCUT2D eigenvalue weighted by atomic mass is 16.3. The number of nitrogen functional groups attached to an aromatic ring is 1. The Balaban J connectivity index is 0.000000254. The van der Waals surface area contributed by atoms with Gasteiger partial charge in [-0.2, -0.15) is 0 Å². The number of hydrogen-bond acceptors (Lipinski definition) is 5. The molecule has 0 aliphatic carbocycles. The minimum Gasteiger partial charge on any atom is -0.505 e. The number of aromatic hydroxyl groups is 1. The summed E-state index contributed by atoms with van der Waals surface area (Å²) in [5.74, 6) is 2.61. The van der Waals surface area contributed by atoms with E-state index in [4.69, 9.17) is 15.9 Å². The van der Waals surface area contributed by atoms with Gasteiger partial charge in [-0.25, -0.2) is 0 Å².